The van der Waals surface area contributed by atoms with E-state index in [9.17, 15) is 9.59 Å². The molecule has 2 aromatic rings. The number of benzene rings is 2. The summed E-state index contributed by atoms with van der Waals surface area (Å²) in [4.78, 5) is 24.4. The van der Waals surface area contributed by atoms with Gasteiger partial charge in [0.2, 0.25) is 0 Å². The van der Waals surface area contributed by atoms with Crippen LogP contribution in [0.25, 0.3) is 10.8 Å². The van der Waals surface area contributed by atoms with Crippen molar-refractivity contribution in [2.75, 3.05) is 13.2 Å². The minimum absolute atomic E-state index is 0.235. The van der Waals surface area contributed by atoms with Gasteiger partial charge in [-0.05, 0) is 30.2 Å². The summed E-state index contributed by atoms with van der Waals surface area (Å²) in [6.07, 6.45) is 0. The van der Waals surface area contributed by atoms with Crippen LogP contribution in [0.1, 0.15) is 32.3 Å². The van der Waals surface area contributed by atoms with Crippen LogP contribution in [0.5, 0.6) is 0 Å². The number of carbonyl (C=O) groups excluding carboxylic acids is 2. The van der Waals surface area contributed by atoms with Gasteiger partial charge in [-0.25, -0.2) is 0 Å². The number of carbonyl (C=O) groups is 2. The first-order chi connectivity index (χ1) is 11.1. The summed E-state index contributed by atoms with van der Waals surface area (Å²) >= 11 is 0. The first kappa shape index (κ1) is 17.0. The van der Waals surface area contributed by atoms with Crippen LogP contribution in [0.2, 0.25) is 0 Å². The van der Waals surface area contributed by atoms with E-state index in [4.69, 9.17) is 9.47 Å². The van der Waals surface area contributed by atoms with Gasteiger partial charge in [0.05, 0.1) is 13.2 Å². The number of hydrogen-bond acceptors (Lipinski definition) is 4. The molecule has 1 atom stereocenters. The largest absolute Gasteiger partial charge is 0.465 e. The molecule has 0 N–H and O–H groups in total. The molecule has 0 bridgehead atoms. The molecule has 4 nitrogen and oxygen atoms in total. The van der Waals surface area contributed by atoms with Gasteiger partial charge in [-0.15, -0.1) is 0 Å². The monoisotopic (exact) mass is 314 g/mol. The van der Waals surface area contributed by atoms with Gasteiger partial charge in [-0.3, -0.25) is 9.59 Å². The second-order valence-electron chi connectivity index (χ2n) is 5.38. The third-order valence-corrected chi connectivity index (χ3v) is 3.88. The van der Waals surface area contributed by atoms with Crippen molar-refractivity contribution in [1.29, 1.82) is 0 Å². The molecule has 2 aromatic carbocycles. The van der Waals surface area contributed by atoms with E-state index in [0.717, 1.165) is 16.3 Å². The lowest BCUT2D eigenvalue weighted by Crippen LogP contribution is -2.32. The van der Waals surface area contributed by atoms with Crippen LogP contribution in [0.3, 0.4) is 0 Å². The van der Waals surface area contributed by atoms with Crippen molar-refractivity contribution in [3.8, 4) is 0 Å². The summed E-state index contributed by atoms with van der Waals surface area (Å²) in [5, 5.41) is 2.19. The van der Waals surface area contributed by atoms with Crippen molar-refractivity contribution in [3.63, 3.8) is 0 Å². The average molecular weight is 314 g/mol. The third-order valence-electron chi connectivity index (χ3n) is 3.88. The minimum Gasteiger partial charge on any atom is -0.465 e. The third kappa shape index (κ3) is 3.89. The molecule has 0 fully saturated rings. The van der Waals surface area contributed by atoms with E-state index < -0.39 is 17.9 Å². The zero-order valence-electron chi connectivity index (χ0n) is 13.7. The van der Waals surface area contributed by atoms with E-state index in [1.54, 1.807) is 13.8 Å². The Balaban J connectivity index is 2.35. The summed E-state index contributed by atoms with van der Waals surface area (Å²) in [5.41, 5.74) is 0.912. The van der Waals surface area contributed by atoms with Gasteiger partial charge in [-0.1, -0.05) is 49.4 Å². The van der Waals surface area contributed by atoms with Gasteiger partial charge >= 0.3 is 11.9 Å². The van der Waals surface area contributed by atoms with Crippen LogP contribution < -0.4 is 0 Å². The molecular weight excluding hydrogens is 292 g/mol. The molecule has 0 aliphatic carbocycles. The van der Waals surface area contributed by atoms with E-state index in [1.807, 2.05) is 49.4 Å². The zero-order chi connectivity index (χ0) is 16.8. The van der Waals surface area contributed by atoms with E-state index in [0.29, 0.717) is 0 Å². The highest BCUT2D eigenvalue weighted by Crippen LogP contribution is 2.29. The van der Waals surface area contributed by atoms with Crippen molar-refractivity contribution in [2.45, 2.75) is 26.7 Å². The van der Waals surface area contributed by atoms with Gasteiger partial charge in [0, 0.05) is 5.92 Å². The molecule has 0 aliphatic heterocycles. The van der Waals surface area contributed by atoms with E-state index >= 15 is 0 Å². The summed E-state index contributed by atoms with van der Waals surface area (Å²) < 4.78 is 10.1. The molecule has 122 valence electrons. The van der Waals surface area contributed by atoms with Crippen molar-refractivity contribution >= 4 is 22.7 Å². The lowest BCUT2D eigenvalue weighted by atomic mass is 9.86. The molecule has 0 heterocycles. The molecule has 0 aliphatic rings. The smallest absolute Gasteiger partial charge is 0.320 e. The Morgan fingerprint density at radius 3 is 2.04 bits per heavy atom. The molecule has 0 aromatic heterocycles. The quantitative estimate of drug-likeness (QED) is 0.603. The summed E-state index contributed by atoms with van der Waals surface area (Å²) in [6.45, 7) is 5.77. The maximum atomic E-state index is 12.2. The normalized spacial score (nSPS) is 12.2. The molecule has 0 spiro atoms. The lowest BCUT2D eigenvalue weighted by molar-refractivity contribution is -0.162. The molecule has 1 unspecified atom stereocenters. The van der Waals surface area contributed by atoms with Crippen molar-refractivity contribution in [3.05, 3.63) is 48.0 Å². The topological polar surface area (TPSA) is 52.6 Å². The average Bonchev–Trinajstić information content (AvgIpc) is 2.55. The Kier molecular flexibility index (Phi) is 5.74. The fraction of sp³-hybridized carbons (Fsp3) is 0.368. The fourth-order valence-corrected chi connectivity index (χ4v) is 2.65. The highest BCUT2D eigenvalue weighted by molar-refractivity contribution is 5.96. The van der Waals surface area contributed by atoms with Crippen LogP contribution in [0.15, 0.2) is 42.5 Å². The van der Waals surface area contributed by atoms with Crippen LogP contribution >= 0.6 is 0 Å². The predicted octanol–water partition coefficient (Wildman–Crippen LogP) is 3.69. The van der Waals surface area contributed by atoms with E-state index in [1.165, 1.54) is 0 Å². The van der Waals surface area contributed by atoms with Gasteiger partial charge in [0.1, 0.15) is 0 Å². The highest BCUT2D eigenvalue weighted by atomic mass is 16.6. The first-order valence-corrected chi connectivity index (χ1v) is 7.90. The van der Waals surface area contributed by atoms with Gasteiger partial charge in [0.25, 0.3) is 0 Å². The van der Waals surface area contributed by atoms with E-state index in [-0.39, 0.29) is 19.1 Å². The molecule has 4 heteroatoms. The Morgan fingerprint density at radius 2 is 1.48 bits per heavy atom. The Labute approximate surface area is 136 Å². The zero-order valence-corrected chi connectivity index (χ0v) is 13.7. The van der Waals surface area contributed by atoms with Crippen LogP contribution in [-0.2, 0) is 19.1 Å². The maximum Gasteiger partial charge on any atom is 0.320 e. The molecule has 2 rings (SSSR count). The fourth-order valence-electron chi connectivity index (χ4n) is 2.65. The Bertz CT molecular complexity index is 675. The van der Waals surface area contributed by atoms with Crippen molar-refractivity contribution in [2.24, 2.45) is 5.92 Å². The van der Waals surface area contributed by atoms with Crippen molar-refractivity contribution < 1.29 is 19.1 Å². The predicted molar refractivity (Wildman–Crippen MR) is 89.1 cm³/mol. The molecule has 0 radical (unpaired) electrons. The minimum atomic E-state index is -0.948. The van der Waals surface area contributed by atoms with Crippen LogP contribution in [0.4, 0.5) is 0 Å². The number of ether oxygens (including phenoxy) is 2. The van der Waals surface area contributed by atoms with Crippen molar-refractivity contribution in [1.82, 2.24) is 0 Å². The van der Waals surface area contributed by atoms with Gasteiger partial charge in [0.15, 0.2) is 5.92 Å². The molecule has 0 amide bonds. The molecular formula is C19H22O4. The summed E-state index contributed by atoms with van der Waals surface area (Å²) in [7, 11) is 0. The number of hydrogen-bond donors (Lipinski definition) is 0. The number of fused-ring (bicyclic) bond motifs is 1. The number of esters is 2. The SMILES string of the molecule is CCOC(=O)C(C(=O)OCC)C(C)c1ccc2ccccc2c1. The second-order valence-corrected chi connectivity index (χ2v) is 5.38. The standard InChI is InChI=1S/C19H22O4/c1-4-22-18(20)17(19(21)23-5-2)13(3)15-11-10-14-8-6-7-9-16(14)12-15/h6-13,17H,4-5H2,1-3H3. The Morgan fingerprint density at radius 1 is 0.913 bits per heavy atom. The second kappa shape index (κ2) is 7.77. The van der Waals surface area contributed by atoms with E-state index in [2.05, 4.69) is 0 Å². The van der Waals surface area contributed by atoms with Gasteiger partial charge in [-0.2, -0.15) is 0 Å². The highest BCUT2D eigenvalue weighted by Gasteiger charge is 2.35. The van der Waals surface area contributed by atoms with Gasteiger partial charge < -0.3 is 9.47 Å². The molecule has 0 saturated carbocycles. The lowest BCUT2D eigenvalue weighted by Gasteiger charge is -2.21. The number of rotatable bonds is 6. The first-order valence-electron chi connectivity index (χ1n) is 7.90. The maximum absolute atomic E-state index is 12.2. The van der Waals surface area contributed by atoms with Crippen LogP contribution in [-0.4, -0.2) is 25.2 Å². The molecule has 0 saturated heterocycles. The summed E-state index contributed by atoms with van der Waals surface area (Å²) in [6, 6.07) is 13.9. The van der Waals surface area contributed by atoms with Crippen LogP contribution in [0, 0.1) is 5.92 Å². The summed E-state index contributed by atoms with van der Waals surface area (Å²) in [5.74, 6) is -2.34. The Hall–Kier alpha value is -2.36. The molecule has 23 heavy (non-hydrogen) atoms.